The number of rotatable bonds is 5. The van der Waals surface area contributed by atoms with Crippen LogP contribution in [0.3, 0.4) is 0 Å². The molecule has 0 aliphatic carbocycles. The predicted molar refractivity (Wildman–Crippen MR) is 78.1 cm³/mol. The molecular weight excluding hydrogens is 345 g/mol. The molecule has 5 N–H and O–H groups in total. The van der Waals surface area contributed by atoms with Gasteiger partial charge in [0.15, 0.2) is 11.5 Å². The standard InChI is InChI=1S/C11H14N5O7P/c12-9-8-10(14-3-13-9)16(4-15-8)7-1-5(17)6(23-7)2-22-24(20,21)11(18)19/h3-7,17H,1-2H2,(H,18,19)(H,20,21)(H2,12,13,14)/t5-,6+,7+/m0/s1. The van der Waals surface area contributed by atoms with Gasteiger partial charge in [0.1, 0.15) is 24.2 Å². The van der Waals surface area contributed by atoms with E-state index in [4.69, 9.17) is 20.5 Å². The predicted octanol–water partition coefficient (Wildman–Crippen LogP) is -0.0631. The summed E-state index contributed by atoms with van der Waals surface area (Å²) in [5.41, 5.74) is 4.50. The van der Waals surface area contributed by atoms with Crippen molar-refractivity contribution in [3.63, 3.8) is 0 Å². The van der Waals surface area contributed by atoms with E-state index >= 15 is 0 Å². The minimum Gasteiger partial charge on any atom is -0.472 e. The van der Waals surface area contributed by atoms with Crippen molar-refractivity contribution < 1.29 is 33.7 Å². The van der Waals surface area contributed by atoms with Gasteiger partial charge >= 0.3 is 13.3 Å². The first kappa shape index (κ1) is 16.7. The zero-order valence-corrected chi connectivity index (χ0v) is 13.0. The van der Waals surface area contributed by atoms with Gasteiger partial charge in [-0.05, 0) is 0 Å². The highest BCUT2D eigenvalue weighted by Crippen LogP contribution is 2.43. The Morgan fingerprint density at radius 3 is 2.96 bits per heavy atom. The number of carbonyl (C=O) groups is 1. The molecule has 0 bridgehead atoms. The first-order valence-corrected chi connectivity index (χ1v) is 8.34. The summed E-state index contributed by atoms with van der Waals surface area (Å²) in [6, 6.07) is 0. The molecule has 3 heterocycles. The van der Waals surface area contributed by atoms with E-state index in [1.807, 2.05) is 0 Å². The van der Waals surface area contributed by atoms with Gasteiger partial charge in [0, 0.05) is 6.42 Å². The number of nitrogens with two attached hydrogens (primary N) is 1. The van der Waals surface area contributed by atoms with Crippen molar-refractivity contribution in [2.45, 2.75) is 24.9 Å². The number of hydrogen-bond donors (Lipinski definition) is 4. The fourth-order valence-electron chi connectivity index (χ4n) is 2.35. The smallest absolute Gasteiger partial charge is 0.435 e. The normalized spacial score (nSPS) is 26.5. The number of ether oxygens (including phenoxy) is 1. The molecule has 0 spiro atoms. The van der Waals surface area contributed by atoms with Gasteiger partial charge in [0.25, 0.3) is 0 Å². The fraction of sp³-hybridized carbons (Fsp3) is 0.455. The van der Waals surface area contributed by atoms with Crippen LogP contribution in [0.15, 0.2) is 12.7 Å². The lowest BCUT2D eigenvalue weighted by Crippen LogP contribution is -2.26. The van der Waals surface area contributed by atoms with E-state index in [1.54, 1.807) is 0 Å². The van der Waals surface area contributed by atoms with Gasteiger partial charge in [0.2, 0.25) is 0 Å². The molecule has 130 valence electrons. The number of aromatic nitrogens is 4. The molecule has 4 atom stereocenters. The zero-order chi connectivity index (χ0) is 17.5. The lowest BCUT2D eigenvalue weighted by Gasteiger charge is -2.16. The van der Waals surface area contributed by atoms with E-state index in [0.717, 1.165) is 0 Å². The summed E-state index contributed by atoms with van der Waals surface area (Å²) in [6.45, 7) is -0.554. The van der Waals surface area contributed by atoms with Gasteiger partial charge in [-0.25, -0.2) is 24.3 Å². The molecule has 24 heavy (non-hydrogen) atoms. The molecule has 0 aromatic carbocycles. The molecule has 12 nitrogen and oxygen atoms in total. The van der Waals surface area contributed by atoms with Crippen LogP contribution in [0.2, 0.25) is 0 Å². The maximum absolute atomic E-state index is 11.3. The first-order valence-electron chi connectivity index (χ1n) is 6.77. The summed E-state index contributed by atoms with van der Waals surface area (Å²) < 4.78 is 22.8. The molecule has 1 fully saturated rings. The summed E-state index contributed by atoms with van der Waals surface area (Å²) in [5.74, 6) is 0.194. The van der Waals surface area contributed by atoms with Gasteiger partial charge in [-0.1, -0.05) is 0 Å². The Morgan fingerprint density at radius 1 is 1.50 bits per heavy atom. The molecule has 0 radical (unpaired) electrons. The third-order valence-corrected chi connectivity index (χ3v) is 4.54. The summed E-state index contributed by atoms with van der Waals surface area (Å²) in [7, 11) is -4.80. The Labute approximate surface area is 134 Å². The van der Waals surface area contributed by atoms with Crippen molar-refractivity contribution in [1.82, 2.24) is 19.5 Å². The highest BCUT2D eigenvalue weighted by atomic mass is 31.2. The molecule has 0 saturated carbocycles. The Bertz CT molecular complexity index is 826. The fourth-order valence-corrected chi connectivity index (χ4v) is 2.81. The van der Waals surface area contributed by atoms with E-state index in [0.29, 0.717) is 11.2 Å². The average molecular weight is 359 g/mol. The number of anilines is 1. The number of nitrogen functional groups attached to an aromatic ring is 1. The lowest BCUT2D eigenvalue weighted by molar-refractivity contribution is -0.0394. The second kappa shape index (κ2) is 6.07. The molecule has 1 unspecified atom stereocenters. The van der Waals surface area contributed by atoms with Gasteiger partial charge in [-0.2, -0.15) is 0 Å². The number of imidazole rings is 1. The van der Waals surface area contributed by atoms with Crippen LogP contribution < -0.4 is 5.73 Å². The second-order valence-corrected chi connectivity index (χ2v) is 6.80. The molecular formula is C11H14N5O7P. The summed E-state index contributed by atoms with van der Waals surface area (Å²) in [4.78, 5) is 31.6. The van der Waals surface area contributed by atoms with Gasteiger partial charge in [-0.15, -0.1) is 0 Å². The van der Waals surface area contributed by atoms with Crippen LogP contribution in [-0.2, 0) is 13.8 Å². The van der Waals surface area contributed by atoms with Crippen molar-refractivity contribution in [1.29, 1.82) is 0 Å². The van der Waals surface area contributed by atoms with Crippen molar-refractivity contribution in [3.05, 3.63) is 12.7 Å². The molecule has 2 aromatic heterocycles. The number of hydrogen-bond acceptors (Lipinski definition) is 9. The van der Waals surface area contributed by atoms with Crippen molar-refractivity contribution in [3.8, 4) is 0 Å². The van der Waals surface area contributed by atoms with Gasteiger partial charge in [-0.3, -0.25) is 9.09 Å². The lowest BCUT2D eigenvalue weighted by atomic mass is 10.2. The Morgan fingerprint density at radius 2 is 2.25 bits per heavy atom. The minimum atomic E-state index is -4.80. The van der Waals surface area contributed by atoms with E-state index in [1.165, 1.54) is 17.2 Å². The van der Waals surface area contributed by atoms with Crippen molar-refractivity contribution in [2.24, 2.45) is 0 Å². The Balaban J connectivity index is 1.74. The maximum Gasteiger partial charge on any atom is 0.435 e. The second-order valence-electron chi connectivity index (χ2n) is 5.11. The Kier molecular flexibility index (Phi) is 4.24. The zero-order valence-electron chi connectivity index (χ0n) is 12.1. The SMILES string of the molecule is Nc1ncnc2c1ncn2[C@H]1C[C@H](O)[C@@H](COP(=O)(O)C(=O)O)O1. The van der Waals surface area contributed by atoms with E-state index in [2.05, 4.69) is 19.5 Å². The third kappa shape index (κ3) is 2.97. The highest BCUT2D eigenvalue weighted by Gasteiger charge is 2.39. The summed E-state index contributed by atoms with van der Waals surface area (Å²) >= 11 is 0. The van der Waals surface area contributed by atoms with E-state index < -0.39 is 38.3 Å². The maximum atomic E-state index is 11.3. The molecule has 2 aromatic rings. The number of aliphatic hydroxyl groups is 1. The van der Waals surface area contributed by atoms with Gasteiger partial charge < -0.3 is 25.6 Å². The van der Waals surface area contributed by atoms with Crippen molar-refractivity contribution >= 4 is 30.3 Å². The van der Waals surface area contributed by atoms with Crippen LogP contribution in [0.1, 0.15) is 12.6 Å². The van der Waals surface area contributed by atoms with Crippen LogP contribution in [0.4, 0.5) is 10.6 Å². The van der Waals surface area contributed by atoms with Crippen molar-refractivity contribution in [2.75, 3.05) is 12.3 Å². The monoisotopic (exact) mass is 359 g/mol. The number of aliphatic hydroxyl groups excluding tert-OH is 1. The molecule has 3 rings (SSSR count). The molecule has 1 aliphatic heterocycles. The van der Waals surface area contributed by atoms with Crippen LogP contribution in [0.5, 0.6) is 0 Å². The largest absolute Gasteiger partial charge is 0.472 e. The minimum absolute atomic E-state index is 0.131. The summed E-state index contributed by atoms with van der Waals surface area (Å²) in [6.07, 6.45) is 0.135. The van der Waals surface area contributed by atoms with Crippen LogP contribution >= 0.6 is 7.60 Å². The molecule has 1 saturated heterocycles. The highest BCUT2D eigenvalue weighted by molar-refractivity contribution is 7.70. The molecule has 13 heteroatoms. The van der Waals surface area contributed by atoms with E-state index in [-0.39, 0.29) is 12.2 Å². The third-order valence-electron chi connectivity index (χ3n) is 3.56. The number of nitrogens with zero attached hydrogens (tertiary/aromatic N) is 4. The van der Waals surface area contributed by atoms with Crippen LogP contribution in [-0.4, -0.2) is 59.2 Å². The molecule has 1 aliphatic rings. The summed E-state index contributed by atoms with van der Waals surface area (Å²) in [5, 5.41) is 18.6. The van der Waals surface area contributed by atoms with Crippen LogP contribution in [0.25, 0.3) is 11.2 Å². The topological polar surface area (TPSA) is 183 Å². The quantitative estimate of drug-likeness (QED) is 0.524. The first-order chi connectivity index (χ1) is 11.3. The van der Waals surface area contributed by atoms with Gasteiger partial charge in [0.05, 0.1) is 19.0 Å². The number of carboxylic acid groups (broad SMARTS) is 1. The number of fused-ring (bicyclic) bond motifs is 1. The van der Waals surface area contributed by atoms with E-state index in [9.17, 15) is 14.5 Å². The Hall–Kier alpha value is -2.11. The van der Waals surface area contributed by atoms with Crippen LogP contribution in [0, 0.1) is 0 Å². The average Bonchev–Trinajstić information content (AvgIpc) is 3.09. The molecule has 0 amide bonds.